The lowest BCUT2D eigenvalue weighted by Crippen LogP contribution is -2.46. The van der Waals surface area contributed by atoms with Crippen molar-refractivity contribution in [2.75, 3.05) is 33.2 Å². The second-order valence-corrected chi connectivity index (χ2v) is 12.3. The summed E-state index contributed by atoms with van der Waals surface area (Å²) in [5.41, 5.74) is 1.80. The fourth-order valence-electron chi connectivity index (χ4n) is 5.71. The average molecular weight is 573 g/mol. The zero-order chi connectivity index (χ0) is 27.9. The molecule has 0 bridgehead atoms. The summed E-state index contributed by atoms with van der Waals surface area (Å²) in [6.45, 7) is 6.07. The van der Waals surface area contributed by atoms with Gasteiger partial charge in [0.1, 0.15) is 5.75 Å². The van der Waals surface area contributed by atoms with Crippen LogP contribution >= 0.6 is 23.2 Å². The minimum atomic E-state index is -0.483. The minimum Gasteiger partial charge on any atom is -0.410 e. The highest BCUT2D eigenvalue weighted by Gasteiger charge is 2.48. The van der Waals surface area contributed by atoms with E-state index < -0.39 is 6.09 Å². The molecule has 2 saturated heterocycles. The van der Waals surface area contributed by atoms with Crippen LogP contribution in [-0.4, -0.2) is 71.9 Å². The van der Waals surface area contributed by atoms with E-state index in [1.165, 1.54) is 0 Å². The quantitative estimate of drug-likeness (QED) is 0.457. The number of nitrogens with zero attached hydrogens (tertiary/aromatic N) is 3. The van der Waals surface area contributed by atoms with Crippen molar-refractivity contribution in [3.8, 4) is 5.75 Å². The number of likely N-dealkylation sites (tertiary alicyclic amines) is 2. The highest BCUT2D eigenvalue weighted by atomic mass is 35.5. The number of ether oxygens (including phenoxy) is 1. The van der Waals surface area contributed by atoms with Gasteiger partial charge in [0.2, 0.25) is 11.8 Å². The van der Waals surface area contributed by atoms with Gasteiger partial charge in [-0.2, -0.15) is 0 Å². The van der Waals surface area contributed by atoms with Crippen LogP contribution in [0.5, 0.6) is 5.75 Å². The van der Waals surface area contributed by atoms with Crippen molar-refractivity contribution >= 4 is 41.1 Å². The zero-order valence-corrected chi connectivity index (χ0v) is 24.2. The van der Waals surface area contributed by atoms with Crippen molar-refractivity contribution in [2.24, 2.45) is 11.3 Å². The molecule has 3 fully saturated rings. The van der Waals surface area contributed by atoms with Crippen LogP contribution in [0.2, 0.25) is 10.0 Å². The molecular weight excluding hydrogens is 537 g/mol. The molecule has 0 unspecified atom stereocenters. The van der Waals surface area contributed by atoms with E-state index in [1.54, 1.807) is 30.1 Å². The first-order chi connectivity index (χ1) is 18.6. The Balaban J connectivity index is 1.30. The van der Waals surface area contributed by atoms with Crippen LogP contribution in [0.25, 0.3) is 0 Å². The number of piperidine rings is 1. The molecule has 9 heteroatoms. The van der Waals surface area contributed by atoms with E-state index in [2.05, 4.69) is 0 Å². The van der Waals surface area contributed by atoms with Crippen molar-refractivity contribution in [2.45, 2.75) is 51.5 Å². The van der Waals surface area contributed by atoms with E-state index in [0.29, 0.717) is 54.8 Å². The van der Waals surface area contributed by atoms with Gasteiger partial charge in [0, 0.05) is 50.5 Å². The predicted octanol–water partition coefficient (Wildman–Crippen LogP) is 5.77. The first-order valence-corrected chi connectivity index (χ1v) is 14.4. The largest absolute Gasteiger partial charge is 0.415 e. The average Bonchev–Trinajstić information content (AvgIpc) is 3.53. The van der Waals surface area contributed by atoms with Crippen LogP contribution in [0.3, 0.4) is 0 Å². The number of amides is 3. The van der Waals surface area contributed by atoms with E-state index in [9.17, 15) is 14.4 Å². The van der Waals surface area contributed by atoms with E-state index >= 15 is 0 Å². The number of benzene rings is 2. The van der Waals surface area contributed by atoms with Gasteiger partial charge in [-0.15, -0.1) is 0 Å². The Morgan fingerprint density at radius 3 is 2.23 bits per heavy atom. The number of hydrogen-bond donors (Lipinski definition) is 0. The maximum Gasteiger partial charge on any atom is 0.415 e. The number of carbonyl (C=O) groups is 3. The Labute approximate surface area is 240 Å². The number of rotatable bonds is 5. The molecule has 1 saturated carbocycles. The first-order valence-electron chi connectivity index (χ1n) is 13.6. The normalized spacial score (nSPS) is 22.5. The van der Waals surface area contributed by atoms with Crippen LogP contribution in [0.15, 0.2) is 42.5 Å². The summed E-state index contributed by atoms with van der Waals surface area (Å²) in [5, 5.41) is 0.889. The number of likely N-dealkylation sites (N-methyl/N-ethyl adjacent to an activating group) is 1. The Morgan fingerprint density at radius 2 is 1.62 bits per heavy atom. The SMILES string of the molecule is Cc1ccc(OC(=O)N(C)[C@H]2CN(C(=O)C3CCN(C(=O)C4(C)CC4)CC3)C[C@H]2c2ccc(Cl)c(Cl)c2)cc1. The zero-order valence-electron chi connectivity index (χ0n) is 22.7. The van der Waals surface area contributed by atoms with Gasteiger partial charge in [-0.25, -0.2) is 4.79 Å². The van der Waals surface area contributed by atoms with Crippen molar-refractivity contribution in [1.29, 1.82) is 0 Å². The summed E-state index contributed by atoms with van der Waals surface area (Å²) in [7, 11) is 1.71. The van der Waals surface area contributed by atoms with Crippen LogP contribution in [-0.2, 0) is 9.59 Å². The molecule has 2 heterocycles. The molecule has 3 amide bonds. The Hall–Kier alpha value is -2.77. The summed E-state index contributed by atoms with van der Waals surface area (Å²) < 4.78 is 5.65. The Kier molecular flexibility index (Phi) is 7.84. The van der Waals surface area contributed by atoms with E-state index in [1.807, 2.05) is 47.9 Å². The van der Waals surface area contributed by atoms with Crippen molar-refractivity contribution in [1.82, 2.24) is 14.7 Å². The molecule has 0 N–H and O–H groups in total. The van der Waals surface area contributed by atoms with Gasteiger partial charge < -0.3 is 19.4 Å². The van der Waals surface area contributed by atoms with Crippen molar-refractivity contribution < 1.29 is 19.1 Å². The number of carbonyl (C=O) groups excluding carboxylic acids is 3. The topological polar surface area (TPSA) is 70.2 Å². The smallest absolute Gasteiger partial charge is 0.410 e. The third-order valence-electron chi connectivity index (χ3n) is 8.63. The molecule has 5 rings (SSSR count). The van der Waals surface area contributed by atoms with Crippen LogP contribution in [0, 0.1) is 18.3 Å². The summed E-state index contributed by atoms with van der Waals surface area (Å²) in [4.78, 5) is 45.0. The van der Waals surface area contributed by atoms with Gasteiger partial charge in [-0.05, 0) is 62.4 Å². The lowest BCUT2D eigenvalue weighted by atomic mass is 9.93. The first kappa shape index (κ1) is 27.8. The third-order valence-corrected chi connectivity index (χ3v) is 9.37. The molecule has 2 aromatic rings. The van der Waals surface area contributed by atoms with Crippen LogP contribution < -0.4 is 4.74 Å². The Morgan fingerprint density at radius 1 is 0.949 bits per heavy atom. The number of halogens is 2. The number of aryl methyl sites for hydroxylation is 1. The fourth-order valence-corrected chi connectivity index (χ4v) is 6.02. The molecule has 39 heavy (non-hydrogen) atoms. The fraction of sp³-hybridized carbons (Fsp3) is 0.500. The predicted molar refractivity (Wildman–Crippen MR) is 151 cm³/mol. The molecule has 3 aliphatic rings. The van der Waals surface area contributed by atoms with E-state index in [4.69, 9.17) is 27.9 Å². The third kappa shape index (κ3) is 5.90. The monoisotopic (exact) mass is 571 g/mol. The van der Waals surface area contributed by atoms with E-state index in [0.717, 1.165) is 24.0 Å². The van der Waals surface area contributed by atoms with Gasteiger partial charge in [0.05, 0.1) is 16.1 Å². The lowest BCUT2D eigenvalue weighted by molar-refractivity contribution is -0.142. The lowest BCUT2D eigenvalue weighted by Gasteiger charge is -2.34. The summed E-state index contributed by atoms with van der Waals surface area (Å²) >= 11 is 12.5. The molecular formula is C30H35Cl2N3O4. The van der Waals surface area contributed by atoms with Gasteiger partial charge in [-0.3, -0.25) is 9.59 Å². The highest BCUT2D eigenvalue weighted by molar-refractivity contribution is 6.42. The molecule has 2 aromatic carbocycles. The van der Waals surface area contributed by atoms with Crippen LogP contribution in [0.4, 0.5) is 4.79 Å². The second kappa shape index (κ2) is 11.0. The summed E-state index contributed by atoms with van der Waals surface area (Å²) in [6.07, 6.45) is 2.74. The summed E-state index contributed by atoms with van der Waals surface area (Å²) in [6, 6.07) is 12.5. The van der Waals surface area contributed by atoms with E-state index in [-0.39, 0.29) is 35.1 Å². The van der Waals surface area contributed by atoms with Gasteiger partial charge in [0.15, 0.2) is 0 Å². The molecule has 2 atom stereocenters. The molecule has 0 aromatic heterocycles. The minimum absolute atomic E-state index is 0.0765. The molecule has 2 aliphatic heterocycles. The van der Waals surface area contributed by atoms with Gasteiger partial charge in [0.25, 0.3) is 0 Å². The standard InChI is InChI=1S/C30H35Cl2N3O4/c1-19-4-7-22(8-5-19)39-29(38)33(3)26-18-35(17-23(26)21-6-9-24(31)25(32)16-21)27(36)20-10-14-34(15-11-20)28(37)30(2)12-13-30/h4-9,16,20,23,26H,10-15,17-18H2,1-3H3/t23-,26-/m0/s1. The molecule has 1 aliphatic carbocycles. The number of hydrogen-bond acceptors (Lipinski definition) is 4. The molecule has 0 radical (unpaired) electrons. The molecule has 208 valence electrons. The van der Waals surface area contributed by atoms with Gasteiger partial charge in [-0.1, -0.05) is 53.9 Å². The maximum atomic E-state index is 13.7. The van der Waals surface area contributed by atoms with Crippen molar-refractivity contribution in [3.63, 3.8) is 0 Å². The van der Waals surface area contributed by atoms with Gasteiger partial charge >= 0.3 is 6.09 Å². The summed E-state index contributed by atoms with van der Waals surface area (Å²) in [5.74, 6) is 0.473. The molecule has 0 spiro atoms. The maximum absolute atomic E-state index is 13.7. The highest BCUT2D eigenvalue weighted by Crippen LogP contribution is 2.47. The molecule has 7 nitrogen and oxygen atoms in total. The second-order valence-electron chi connectivity index (χ2n) is 11.5. The van der Waals surface area contributed by atoms with Crippen molar-refractivity contribution in [3.05, 3.63) is 63.6 Å². The van der Waals surface area contributed by atoms with Crippen LogP contribution in [0.1, 0.15) is 49.7 Å². The Bertz CT molecular complexity index is 1260.